The Kier molecular flexibility index (Phi) is 7.85. The van der Waals surface area contributed by atoms with Crippen molar-refractivity contribution < 1.29 is 58.4 Å². The minimum atomic E-state index is -1.67. The van der Waals surface area contributed by atoms with Gasteiger partial charge >= 0.3 is 0 Å². The lowest BCUT2D eigenvalue weighted by molar-refractivity contribution is -0.277. The van der Waals surface area contributed by atoms with Crippen LogP contribution >= 0.6 is 0 Å². The quantitative estimate of drug-likeness (QED) is 0.266. The lowest BCUT2D eigenvalue weighted by Gasteiger charge is -2.39. The number of benzene rings is 2. The molecule has 0 saturated carbocycles. The molecule has 2 aromatic carbocycles. The van der Waals surface area contributed by atoms with E-state index in [0.717, 1.165) is 0 Å². The first-order valence-electron chi connectivity index (χ1n) is 11.3. The van der Waals surface area contributed by atoms with E-state index in [-0.39, 0.29) is 45.5 Å². The normalized spacial score (nSPS) is 23.2. The van der Waals surface area contributed by atoms with Gasteiger partial charge in [-0.25, -0.2) is 0 Å². The van der Waals surface area contributed by atoms with Crippen LogP contribution < -0.4 is 29.1 Å². The summed E-state index contributed by atoms with van der Waals surface area (Å²) in [6, 6.07) is 5.50. The third-order valence-electron chi connectivity index (χ3n) is 6.16. The highest BCUT2D eigenvalue weighted by Crippen LogP contribution is 2.45. The molecule has 2 heterocycles. The van der Waals surface area contributed by atoms with Crippen molar-refractivity contribution in [3.05, 3.63) is 34.5 Å². The van der Waals surface area contributed by atoms with Crippen molar-refractivity contribution in [3.8, 4) is 45.8 Å². The molecule has 0 amide bonds. The van der Waals surface area contributed by atoms with E-state index in [2.05, 4.69) is 0 Å². The summed E-state index contributed by atoms with van der Waals surface area (Å²) in [5.41, 5.74) is -0.199. The van der Waals surface area contributed by atoms with Gasteiger partial charge in [0.1, 0.15) is 41.1 Å². The average Bonchev–Trinajstić information content (AvgIpc) is 2.92. The van der Waals surface area contributed by atoms with Crippen molar-refractivity contribution in [2.75, 3.05) is 35.0 Å². The number of aliphatic hydroxyl groups excluding tert-OH is 4. The van der Waals surface area contributed by atoms with Gasteiger partial charge in [-0.15, -0.1) is 0 Å². The minimum absolute atomic E-state index is 0.0157. The summed E-state index contributed by atoms with van der Waals surface area (Å²) in [7, 11) is 5.37. The zero-order valence-electron chi connectivity index (χ0n) is 20.9. The van der Waals surface area contributed by atoms with Crippen LogP contribution in [-0.4, -0.2) is 91.3 Å². The Balaban J connectivity index is 1.79. The van der Waals surface area contributed by atoms with Gasteiger partial charge in [-0.05, 0) is 12.1 Å². The molecule has 13 heteroatoms. The Hall–Kier alpha value is -3.75. The number of rotatable bonds is 8. The van der Waals surface area contributed by atoms with Crippen LogP contribution in [0.5, 0.6) is 34.5 Å². The van der Waals surface area contributed by atoms with E-state index in [1.165, 1.54) is 52.7 Å². The topological polar surface area (TPSA) is 187 Å². The van der Waals surface area contributed by atoms with E-state index in [9.17, 15) is 30.3 Å². The molecule has 1 aliphatic heterocycles. The predicted octanol–water partition coefficient (Wildman–Crippen LogP) is 0.379. The van der Waals surface area contributed by atoms with Gasteiger partial charge in [0, 0.05) is 17.7 Å². The second kappa shape index (κ2) is 10.9. The van der Waals surface area contributed by atoms with Crippen molar-refractivity contribution in [2.45, 2.75) is 30.7 Å². The molecule has 0 radical (unpaired) electrons. The highest BCUT2D eigenvalue weighted by molar-refractivity contribution is 5.89. The zero-order chi connectivity index (χ0) is 27.7. The number of aliphatic hydroxyl groups is 4. The Morgan fingerprint density at radius 1 is 0.816 bits per heavy atom. The summed E-state index contributed by atoms with van der Waals surface area (Å²) < 4.78 is 38.3. The molecule has 0 aliphatic carbocycles. The fourth-order valence-electron chi connectivity index (χ4n) is 4.17. The number of phenolic OH excluding ortho intramolecular Hbond substituents is 1. The van der Waals surface area contributed by atoms with E-state index >= 15 is 0 Å². The molecule has 13 nitrogen and oxygen atoms in total. The number of ether oxygens (including phenoxy) is 6. The zero-order valence-corrected chi connectivity index (χ0v) is 20.9. The van der Waals surface area contributed by atoms with Gasteiger partial charge in [0.05, 0.1) is 35.0 Å². The summed E-state index contributed by atoms with van der Waals surface area (Å²) >= 11 is 0. The fraction of sp³-hybridized carbons (Fsp3) is 0.400. The van der Waals surface area contributed by atoms with E-state index in [1.807, 2.05) is 0 Å². The summed E-state index contributed by atoms with van der Waals surface area (Å²) in [4.78, 5) is 12.9. The smallest absolute Gasteiger partial charge is 0.229 e. The Bertz CT molecular complexity index is 1340. The molecule has 1 saturated heterocycles. The summed E-state index contributed by atoms with van der Waals surface area (Å²) in [6.07, 6.45) is -7.56. The molecule has 5 atom stereocenters. The minimum Gasteiger partial charge on any atom is -0.504 e. The van der Waals surface area contributed by atoms with E-state index < -0.39 is 48.5 Å². The van der Waals surface area contributed by atoms with Crippen molar-refractivity contribution in [3.63, 3.8) is 0 Å². The first-order valence-corrected chi connectivity index (χ1v) is 11.3. The van der Waals surface area contributed by atoms with E-state index in [1.54, 1.807) is 0 Å². The molecular weight excluding hydrogens is 508 g/mol. The van der Waals surface area contributed by atoms with Crippen LogP contribution in [0.2, 0.25) is 0 Å². The lowest BCUT2D eigenvalue weighted by atomic mass is 9.99. The maximum Gasteiger partial charge on any atom is 0.229 e. The van der Waals surface area contributed by atoms with Gasteiger partial charge in [0.2, 0.25) is 17.8 Å². The van der Waals surface area contributed by atoms with Crippen LogP contribution in [0.3, 0.4) is 0 Å². The fourth-order valence-corrected chi connectivity index (χ4v) is 4.17. The van der Waals surface area contributed by atoms with Gasteiger partial charge in [-0.1, -0.05) is 0 Å². The molecule has 1 fully saturated rings. The number of phenols is 1. The van der Waals surface area contributed by atoms with Crippen molar-refractivity contribution in [1.82, 2.24) is 0 Å². The molecule has 0 bridgehead atoms. The summed E-state index contributed by atoms with van der Waals surface area (Å²) in [6.45, 7) is -0.634. The van der Waals surface area contributed by atoms with Gasteiger partial charge in [-0.2, -0.15) is 0 Å². The van der Waals surface area contributed by atoms with Crippen molar-refractivity contribution in [2.24, 2.45) is 0 Å². The largest absolute Gasteiger partial charge is 0.504 e. The molecule has 0 spiro atoms. The number of hydrogen-bond donors (Lipinski definition) is 5. The lowest BCUT2D eigenvalue weighted by Crippen LogP contribution is -2.60. The van der Waals surface area contributed by atoms with Crippen molar-refractivity contribution >= 4 is 11.0 Å². The first kappa shape index (κ1) is 27.3. The second-order valence-electron chi connectivity index (χ2n) is 8.33. The van der Waals surface area contributed by atoms with Gasteiger partial charge < -0.3 is 58.4 Å². The van der Waals surface area contributed by atoms with Crippen LogP contribution in [-0.2, 0) is 4.74 Å². The Morgan fingerprint density at radius 2 is 1.42 bits per heavy atom. The maximum absolute atomic E-state index is 12.9. The number of hydrogen-bond acceptors (Lipinski definition) is 13. The van der Waals surface area contributed by atoms with Gasteiger partial charge in [0.15, 0.2) is 28.4 Å². The Labute approximate surface area is 215 Å². The molecule has 4 rings (SSSR count). The second-order valence-corrected chi connectivity index (χ2v) is 8.33. The molecule has 38 heavy (non-hydrogen) atoms. The number of fused-ring (bicyclic) bond motifs is 1. The monoisotopic (exact) mass is 536 g/mol. The number of aromatic hydroxyl groups is 1. The summed E-state index contributed by atoms with van der Waals surface area (Å²) in [5.74, 6) is -0.0845. The number of methoxy groups -OCH3 is 4. The molecular formula is C25H28O13. The van der Waals surface area contributed by atoms with Crippen LogP contribution in [0.1, 0.15) is 0 Å². The Morgan fingerprint density at radius 3 is 1.97 bits per heavy atom. The molecule has 206 valence electrons. The van der Waals surface area contributed by atoms with Crippen LogP contribution in [0, 0.1) is 0 Å². The molecule has 1 aromatic heterocycles. The first-order chi connectivity index (χ1) is 18.2. The maximum atomic E-state index is 12.9. The third kappa shape index (κ3) is 4.66. The molecule has 3 aromatic rings. The van der Waals surface area contributed by atoms with Crippen molar-refractivity contribution in [1.29, 1.82) is 0 Å². The highest BCUT2D eigenvalue weighted by Gasteiger charge is 2.45. The SMILES string of the molecule is COc1cc(-c2cc(=O)c3c(O)c(OC)c(OC)cc3o2)cc(OC)c1O[C@@H]1O[C@H](CO)[C@@H](O)[C@H](O)[C@H]1O. The predicted molar refractivity (Wildman–Crippen MR) is 130 cm³/mol. The molecule has 0 unspecified atom stereocenters. The van der Waals surface area contributed by atoms with Crippen LogP contribution in [0.25, 0.3) is 22.3 Å². The van der Waals surface area contributed by atoms with E-state index in [0.29, 0.717) is 5.56 Å². The van der Waals surface area contributed by atoms with E-state index in [4.69, 9.17) is 32.8 Å². The third-order valence-corrected chi connectivity index (χ3v) is 6.16. The standard InChI is InChI=1S/C25H28O13/c1-32-14-5-10(12-7-11(27)18-13(36-12)8-16(34-3)24(35-4)20(18)29)6-15(33-2)23(14)38-25-22(31)21(30)19(28)17(9-26)37-25/h5-8,17,19,21-22,25-26,28-31H,9H2,1-4H3/t17-,19-,21+,22-,25+/m1/s1. The summed E-state index contributed by atoms with van der Waals surface area (Å²) in [5, 5.41) is 50.4. The average molecular weight is 536 g/mol. The molecule has 5 N–H and O–H groups in total. The van der Waals surface area contributed by atoms with Crippen LogP contribution in [0.4, 0.5) is 0 Å². The molecule has 1 aliphatic rings. The highest BCUT2D eigenvalue weighted by atomic mass is 16.7. The van der Waals surface area contributed by atoms with Gasteiger partial charge in [-0.3, -0.25) is 4.79 Å². The van der Waals surface area contributed by atoms with Gasteiger partial charge in [0.25, 0.3) is 0 Å². The van der Waals surface area contributed by atoms with Crippen LogP contribution in [0.15, 0.2) is 33.5 Å².